The molecule has 136 valence electrons. The minimum atomic E-state index is -1.30. The third kappa shape index (κ3) is 2.70. The Bertz CT molecular complexity index is 1060. The fourth-order valence-electron chi connectivity index (χ4n) is 3.26. The predicted molar refractivity (Wildman–Crippen MR) is 107 cm³/mol. The zero-order valence-electron chi connectivity index (χ0n) is 14.7. The van der Waals surface area contributed by atoms with E-state index in [0.717, 1.165) is 16.0 Å². The van der Waals surface area contributed by atoms with Crippen LogP contribution in [-0.2, 0) is 10.3 Å². The first kappa shape index (κ1) is 17.6. The minimum absolute atomic E-state index is 0.161. The van der Waals surface area contributed by atoms with E-state index in [0.29, 0.717) is 15.5 Å². The summed E-state index contributed by atoms with van der Waals surface area (Å²) in [5, 5.41) is 0. The summed E-state index contributed by atoms with van der Waals surface area (Å²) in [6.45, 7) is 1.95. The lowest BCUT2D eigenvalue weighted by atomic mass is 9.83. The number of amides is 1. The molecular weight excluding hydrogens is 382 g/mol. The quantitative estimate of drug-likeness (QED) is 0.735. The molecule has 1 aliphatic rings. The van der Waals surface area contributed by atoms with E-state index < -0.39 is 5.54 Å². The molecule has 3 aromatic rings. The van der Waals surface area contributed by atoms with Crippen molar-refractivity contribution in [1.29, 1.82) is 0 Å². The Kier molecular flexibility index (Phi) is 4.20. The summed E-state index contributed by atoms with van der Waals surface area (Å²) in [5.74, 6) is -0.0745. The van der Waals surface area contributed by atoms with Crippen molar-refractivity contribution in [3.63, 3.8) is 0 Å². The van der Waals surface area contributed by atoms with Crippen LogP contribution in [0.4, 0.5) is 0 Å². The van der Waals surface area contributed by atoms with Gasteiger partial charge in [-0.3, -0.25) is 9.69 Å². The van der Waals surface area contributed by atoms with E-state index in [1.165, 1.54) is 22.6 Å². The molecule has 0 bridgehead atoms. The van der Waals surface area contributed by atoms with E-state index in [-0.39, 0.29) is 11.9 Å². The van der Waals surface area contributed by atoms with E-state index in [1.807, 2.05) is 37.3 Å². The van der Waals surface area contributed by atoms with E-state index in [1.54, 1.807) is 19.4 Å². The maximum absolute atomic E-state index is 13.3. The molecule has 8 heteroatoms. The van der Waals surface area contributed by atoms with Crippen LogP contribution in [0.25, 0.3) is 11.1 Å². The first-order chi connectivity index (χ1) is 12.9. The summed E-state index contributed by atoms with van der Waals surface area (Å²) < 4.78 is 0.529. The molecule has 0 saturated heterocycles. The highest BCUT2D eigenvalue weighted by Gasteiger charge is 2.51. The van der Waals surface area contributed by atoms with E-state index in [2.05, 4.69) is 15.0 Å². The molecule has 1 aromatic carbocycles. The van der Waals surface area contributed by atoms with Gasteiger partial charge in [-0.25, -0.2) is 15.0 Å². The summed E-state index contributed by atoms with van der Waals surface area (Å²) in [4.78, 5) is 28.4. The molecule has 0 saturated carbocycles. The molecule has 1 atom stereocenters. The second-order valence-electron chi connectivity index (χ2n) is 6.30. The topological polar surface area (TPSA) is 84.5 Å². The summed E-state index contributed by atoms with van der Waals surface area (Å²) in [6.07, 6.45) is 4.92. The molecule has 2 N–H and O–H groups in total. The highest BCUT2D eigenvalue weighted by molar-refractivity contribution is 7.16. The Morgan fingerprint density at radius 2 is 1.93 bits per heavy atom. The van der Waals surface area contributed by atoms with Gasteiger partial charge in [-0.1, -0.05) is 29.8 Å². The van der Waals surface area contributed by atoms with Crippen LogP contribution in [0.3, 0.4) is 0 Å². The number of hydrogen-bond acceptors (Lipinski definition) is 6. The molecule has 0 fully saturated rings. The molecule has 1 aliphatic heterocycles. The van der Waals surface area contributed by atoms with Gasteiger partial charge in [-0.2, -0.15) is 0 Å². The molecule has 2 aromatic heterocycles. The van der Waals surface area contributed by atoms with E-state index in [4.69, 9.17) is 17.3 Å². The average Bonchev–Trinajstić information content (AvgIpc) is 3.14. The van der Waals surface area contributed by atoms with Crippen LogP contribution in [0.5, 0.6) is 0 Å². The molecule has 4 rings (SSSR count). The van der Waals surface area contributed by atoms with Crippen molar-refractivity contribution in [3.8, 4) is 11.1 Å². The Hall–Kier alpha value is -2.77. The first-order valence-electron chi connectivity index (χ1n) is 8.19. The van der Waals surface area contributed by atoms with E-state index >= 15 is 0 Å². The first-order valence-corrected chi connectivity index (χ1v) is 9.38. The van der Waals surface area contributed by atoms with Crippen LogP contribution in [-0.4, -0.2) is 33.8 Å². The van der Waals surface area contributed by atoms with Crippen molar-refractivity contribution >= 4 is 34.8 Å². The van der Waals surface area contributed by atoms with Gasteiger partial charge in [0.1, 0.15) is 6.33 Å². The number of aryl methyl sites for hydroxylation is 1. The monoisotopic (exact) mass is 397 g/mol. The van der Waals surface area contributed by atoms with Crippen molar-refractivity contribution < 1.29 is 4.79 Å². The number of hydrogen-bond donors (Lipinski definition) is 1. The molecule has 0 spiro atoms. The molecule has 27 heavy (non-hydrogen) atoms. The molecule has 6 nitrogen and oxygen atoms in total. The van der Waals surface area contributed by atoms with Crippen molar-refractivity contribution in [2.45, 2.75) is 12.5 Å². The van der Waals surface area contributed by atoms with Crippen molar-refractivity contribution in [2.24, 2.45) is 10.7 Å². The Morgan fingerprint density at radius 3 is 2.52 bits per heavy atom. The van der Waals surface area contributed by atoms with Gasteiger partial charge in [0.05, 0.1) is 4.34 Å². The van der Waals surface area contributed by atoms with Gasteiger partial charge in [0.2, 0.25) is 0 Å². The van der Waals surface area contributed by atoms with Crippen LogP contribution in [0.15, 0.2) is 54.0 Å². The van der Waals surface area contributed by atoms with Crippen molar-refractivity contribution in [2.75, 3.05) is 7.05 Å². The number of nitrogens with two attached hydrogens (primary N) is 1. The number of nitrogens with zero attached hydrogens (tertiary/aromatic N) is 4. The minimum Gasteiger partial charge on any atom is -0.369 e. The summed E-state index contributed by atoms with van der Waals surface area (Å²) in [5.41, 5.74) is 7.79. The number of carbonyl (C=O) groups excluding carboxylic acids is 1. The van der Waals surface area contributed by atoms with Crippen LogP contribution >= 0.6 is 22.9 Å². The number of aromatic nitrogens is 2. The number of rotatable bonds is 3. The predicted octanol–water partition coefficient (Wildman–Crippen LogP) is 3.20. The van der Waals surface area contributed by atoms with Gasteiger partial charge < -0.3 is 5.73 Å². The second kappa shape index (κ2) is 6.44. The number of benzene rings is 1. The van der Waals surface area contributed by atoms with Gasteiger partial charge in [-0.15, -0.1) is 11.3 Å². The third-order valence-corrected chi connectivity index (χ3v) is 5.89. The smallest absolute Gasteiger partial charge is 0.266 e. The standard InChI is InChI=1S/C19H16ClN5OS/c1-11-6-15(16(20)27-11)19(17(26)25(2)18(21)24-19)14-5-3-4-12(7-14)13-8-22-10-23-9-13/h3-10H,1-2H3,(H2,21,24). The largest absolute Gasteiger partial charge is 0.369 e. The lowest BCUT2D eigenvalue weighted by Crippen LogP contribution is -2.41. The van der Waals surface area contributed by atoms with Gasteiger partial charge in [0.25, 0.3) is 5.91 Å². The van der Waals surface area contributed by atoms with Crippen LogP contribution < -0.4 is 5.73 Å². The zero-order chi connectivity index (χ0) is 19.2. The Balaban J connectivity index is 1.97. The summed E-state index contributed by atoms with van der Waals surface area (Å²) >= 11 is 7.92. The van der Waals surface area contributed by atoms with Crippen LogP contribution in [0.1, 0.15) is 16.0 Å². The number of halogens is 1. The van der Waals surface area contributed by atoms with Gasteiger partial charge >= 0.3 is 0 Å². The molecular formula is C19H16ClN5OS. The molecule has 1 amide bonds. The Labute approximate surface area is 165 Å². The number of guanidine groups is 1. The summed E-state index contributed by atoms with van der Waals surface area (Å²) in [6, 6.07) is 9.50. The molecule has 0 aliphatic carbocycles. The number of thiophene rings is 1. The maximum atomic E-state index is 13.3. The fraction of sp³-hybridized carbons (Fsp3) is 0.158. The van der Waals surface area contributed by atoms with Gasteiger partial charge in [0, 0.05) is 35.4 Å². The highest BCUT2D eigenvalue weighted by atomic mass is 35.5. The van der Waals surface area contributed by atoms with Gasteiger partial charge in [-0.05, 0) is 30.2 Å². The molecule has 0 radical (unpaired) electrons. The number of carbonyl (C=O) groups is 1. The molecule has 1 unspecified atom stereocenters. The lowest BCUT2D eigenvalue weighted by molar-refractivity contribution is -0.129. The summed E-state index contributed by atoms with van der Waals surface area (Å²) in [7, 11) is 1.62. The van der Waals surface area contributed by atoms with Crippen molar-refractivity contribution in [1.82, 2.24) is 14.9 Å². The molecule has 3 heterocycles. The number of likely N-dealkylation sites (N-methyl/N-ethyl adjacent to an activating group) is 1. The van der Waals surface area contributed by atoms with Crippen LogP contribution in [0, 0.1) is 6.92 Å². The normalized spacial score (nSPS) is 19.4. The zero-order valence-corrected chi connectivity index (χ0v) is 16.3. The average molecular weight is 398 g/mol. The maximum Gasteiger partial charge on any atom is 0.266 e. The third-order valence-electron chi connectivity index (χ3n) is 4.61. The second-order valence-corrected chi connectivity index (χ2v) is 8.16. The Morgan fingerprint density at radius 1 is 1.19 bits per heavy atom. The SMILES string of the molecule is Cc1cc(C2(c3cccc(-c4cncnc4)c3)N=C(N)N(C)C2=O)c(Cl)s1. The van der Waals surface area contributed by atoms with Crippen LogP contribution in [0.2, 0.25) is 4.34 Å². The van der Waals surface area contributed by atoms with E-state index in [9.17, 15) is 4.79 Å². The number of aliphatic imine (C=N–C) groups is 1. The van der Waals surface area contributed by atoms with Gasteiger partial charge in [0.15, 0.2) is 11.5 Å². The highest BCUT2D eigenvalue weighted by Crippen LogP contribution is 2.45. The lowest BCUT2D eigenvalue weighted by Gasteiger charge is -2.26. The fourth-order valence-corrected chi connectivity index (χ4v) is 4.60. The van der Waals surface area contributed by atoms with Crippen molar-refractivity contribution in [3.05, 3.63) is 69.4 Å².